The first-order valence-corrected chi connectivity index (χ1v) is 17.7. The van der Waals surface area contributed by atoms with Crippen LogP contribution in [0.3, 0.4) is 0 Å². The number of carbonyl (C=O) groups is 2. The highest BCUT2D eigenvalue weighted by atomic mass is 35.5. The van der Waals surface area contributed by atoms with Gasteiger partial charge in [0.15, 0.2) is 0 Å². The molecule has 1 amide bonds. The van der Waals surface area contributed by atoms with Gasteiger partial charge in [-0.05, 0) is 94.7 Å². The van der Waals surface area contributed by atoms with E-state index in [1.165, 1.54) is 12.1 Å². The molecule has 2 aromatic heterocycles. The van der Waals surface area contributed by atoms with Crippen molar-refractivity contribution in [2.45, 2.75) is 79.1 Å². The van der Waals surface area contributed by atoms with Gasteiger partial charge >= 0.3 is 12.1 Å². The second-order valence-corrected chi connectivity index (χ2v) is 13.7. The topological polar surface area (TPSA) is 117 Å². The van der Waals surface area contributed by atoms with E-state index in [9.17, 15) is 19.1 Å². The van der Waals surface area contributed by atoms with Crippen LogP contribution in [0.5, 0.6) is 5.75 Å². The summed E-state index contributed by atoms with van der Waals surface area (Å²) in [5.74, 6) is -0.148. The standard InChI is InChI=1S/C39H46ClFN4O6/c1-7-31-34(30(23-46)43-44(31)6)33-29(40)18-17-28-27(13-10-21-50-32-14-9-12-24-22-25(41)15-16-26(24)32)36(37(47)49-8-2)45(35(28)33)20-11-19-42-38(48)51-39(3,4)5/h9,12,14-18,22,46H,7-8,10-11,13,19-21,23H2,1-6H3,(H,42,48). The van der Waals surface area contributed by atoms with E-state index in [1.807, 2.05) is 48.9 Å². The minimum absolute atomic E-state index is 0.176. The van der Waals surface area contributed by atoms with Crippen molar-refractivity contribution in [1.82, 2.24) is 19.7 Å². The Labute approximate surface area is 302 Å². The van der Waals surface area contributed by atoms with Crippen molar-refractivity contribution in [2.75, 3.05) is 19.8 Å². The Morgan fingerprint density at radius 1 is 1.04 bits per heavy atom. The maximum Gasteiger partial charge on any atom is 0.407 e. The molecule has 3 aromatic carbocycles. The molecule has 0 saturated heterocycles. The molecule has 0 radical (unpaired) electrons. The van der Waals surface area contributed by atoms with Crippen LogP contribution in [0, 0.1) is 5.82 Å². The van der Waals surface area contributed by atoms with Gasteiger partial charge in [0, 0.05) is 47.7 Å². The number of aliphatic hydroxyl groups is 1. The van der Waals surface area contributed by atoms with E-state index in [4.69, 9.17) is 25.8 Å². The summed E-state index contributed by atoms with van der Waals surface area (Å²) in [6.45, 7) is 10.0. The minimum Gasteiger partial charge on any atom is -0.493 e. The van der Waals surface area contributed by atoms with E-state index in [2.05, 4.69) is 10.4 Å². The number of rotatable bonds is 14. The predicted octanol–water partition coefficient (Wildman–Crippen LogP) is 8.15. The number of amides is 1. The predicted molar refractivity (Wildman–Crippen MR) is 197 cm³/mol. The van der Waals surface area contributed by atoms with Crippen molar-refractivity contribution in [3.05, 3.63) is 82.0 Å². The first-order chi connectivity index (χ1) is 24.4. The maximum atomic E-state index is 13.9. The summed E-state index contributed by atoms with van der Waals surface area (Å²) in [6, 6.07) is 13.8. The van der Waals surface area contributed by atoms with Gasteiger partial charge in [0.1, 0.15) is 22.9 Å². The Hall–Kier alpha value is -4.61. The van der Waals surface area contributed by atoms with Gasteiger partial charge in [-0.1, -0.05) is 36.7 Å². The van der Waals surface area contributed by atoms with Crippen LogP contribution < -0.4 is 10.1 Å². The number of nitrogens with one attached hydrogen (secondary N) is 1. The van der Waals surface area contributed by atoms with E-state index >= 15 is 0 Å². The smallest absolute Gasteiger partial charge is 0.407 e. The second-order valence-electron chi connectivity index (χ2n) is 13.3. The molecule has 0 bridgehead atoms. The van der Waals surface area contributed by atoms with Crippen LogP contribution >= 0.6 is 11.6 Å². The molecule has 0 unspecified atom stereocenters. The number of halogens is 2. The lowest BCUT2D eigenvalue weighted by Gasteiger charge is -2.20. The van der Waals surface area contributed by atoms with E-state index in [0.29, 0.717) is 78.6 Å². The normalized spacial score (nSPS) is 11.7. The molecular weight excluding hydrogens is 675 g/mol. The first kappa shape index (κ1) is 37.6. The molecule has 5 rings (SSSR count). The zero-order chi connectivity index (χ0) is 36.9. The summed E-state index contributed by atoms with van der Waals surface area (Å²) in [6.07, 6.45) is 1.58. The Morgan fingerprint density at radius 3 is 2.51 bits per heavy atom. The number of aliphatic hydroxyl groups excluding tert-OH is 1. The van der Waals surface area contributed by atoms with Crippen molar-refractivity contribution in [3.8, 4) is 16.9 Å². The van der Waals surface area contributed by atoms with Crippen LogP contribution in [0.1, 0.15) is 74.9 Å². The van der Waals surface area contributed by atoms with E-state index < -0.39 is 17.7 Å². The maximum absolute atomic E-state index is 13.9. The average molecular weight is 721 g/mol. The van der Waals surface area contributed by atoms with Crippen LogP contribution in [0.4, 0.5) is 9.18 Å². The van der Waals surface area contributed by atoms with Gasteiger partial charge in [0.05, 0.1) is 36.1 Å². The third-order valence-electron chi connectivity index (χ3n) is 8.58. The number of esters is 1. The molecule has 10 nitrogen and oxygen atoms in total. The van der Waals surface area contributed by atoms with E-state index in [-0.39, 0.29) is 19.0 Å². The molecule has 5 aromatic rings. The van der Waals surface area contributed by atoms with Gasteiger partial charge in [-0.25, -0.2) is 14.0 Å². The summed E-state index contributed by atoms with van der Waals surface area (Å²) >= 11 is 7.03. The van der Waals surface area contributed by atoms with Crippen LogP contribution in [-0.2, 0) is 42.5 Å². The minimum atomic E-state index is -0.640. The third-order valence-corrected chi connectivity index (χ3v) is 8.89. The molecule has 0 atom stereocenters. The number of hydrogen-bond donors (Lipinski definition) is 2. The second kappa shape index (κ2) is 16.2. The molecule has 12 heteroatoms. The zero-order valence-corrected chi connectivity index (χ0v) is 30.8. The number of aryl methyl sites for hydroxylation is 3. The SMILES string of the molecule is CCOC(=O)c1c(CCCOc2cccc3cc(F)ccc23)c2ccc(Cl)c(-c3c(CO)nn(C)c3CC)c2n1CCCNC(=O)OC(C)(C)C. The van der Waals surface area contributed by atoms with Crippen molar-refractivity contribution in [1.29, 1.82) is 0 Å². The molecule has 0 spiro atoms. The summed E-state index contributed by atoms with van der Waals surface area (Å²) in [5, 5.41) is 20.6. The molecule has 0 aliphatic carbocycles. The average Bonchev–Trinajstić information content (AvgIpc) is 3.57. The summed E-state index contributed by atoms with van der Waals surface area (Å²) in [7, 11) is 1.83. The third kappa shape index (κ3) is 8.31. The highest BCUT2D eigenvalue weighted by Gasteiger charge is 2.29. The molecule has 2 N–H and O–H groups in total. The molecule has 0 saturated carbocycles. The monoisotopic (exact) mass is 720 g/mol. The number of ether oxygens (including phenoxy) is 3. The lowest BCUT2D eigenvalue weighted by molar-refractivity contribution is 0.0502. The van der Waals surface area contributed by atoms with Crippen LogP contribution in [0.15, 0.2) is 48.5 Å². The molecule has 0 fully saturated rings. The van der Waals surface area contributed by atoms with Crippen molar-refractivity contribution < 1.29 is 33.3 Å². The molecule has 0 aliphatic rings. The largest absolute Gasteiger partial charge is 0.493 e. The van der Waals surface area contributed by atoms with Gasteiger partial charge in [-0.3, -0.25) is 4.68 Å². The van der Waals surface area contributed by atoms with E-state index in [1.54, 1.807) is 38.4 Å². The van der Waals surface area contributed by atoms with Gasteiger partial charge in [0.2, 0.25) is 0 Å². The molecule has 0 aliphatic heterocycles. The number of carbonyl (C=O) groups excluding carboxylic acids is 2. The number of benzene rings is 3. The number of nitrogens with zero attached hydrogens (tertiary/aromatic N) is 3. The quantitative estimate of drug-likeness (QED) is 0.0879. The summed E-state index contributed by atoms with van der Waals surface area (Å²) < 4.78 is 34.8. The molecule has 51 heavy (non-hydrogen) atoms. The van der Waals surface area contributed by atoms with Crippen molar-refractivity contribution >= 4 is 45.3 Å². The van der Waals surface area contributed by atoms with E-state index in [0.717, 1.165) is 33.0 Å². The van der Waals surface area contributed by atoms with Gasteiger partial charge in [-0.2, -0.15) is 5.10 Å². The van der Waals surface area contributed by atoms with Gasteiger partial charge in [0.25, 0.3) is 0 Å². The Kier molecular flexibility index (Phi) is 11.9. The lowest BCUT2D eigenvalue weighted by Crippen LogP contribution is -2.33. The zero-order valence-electron chi connectivity index (χ0n) is 30.1. The molecule has 272 valence electrons. The highest BCUT2D eigenvalue weighted by molar-refractivity contribution is 6.35. The fourth-order valence-corrected chi connectivity index (χ4v) is 6.84. The van der Waals surface area contributed by atoms with Crippen LogP contribution in [0.2, 0.25) is 5.02 Å². The number of alkyl carbamates (subject to hydrolysis) is 1. The van der Waals surface area contributed by atoms with Crippen molar-refractivity contribution in [2.24, 2.45) is 7.05 Å². The van der Waals surface area contributed by atoms with Crippen LogP contribution in [0.25, 0.3) is 32.8 Å². The fraction of sp³-hybridized carbons (Fsp3) is 0.410. The molecular formula is C39H46ClFN4O6. The first-order valence-electron chi connectivity index (χ1n) is 17.3. The summed E-state index contributed by atoms with van der Waals surface area (Å²) in [5.41, 5.74) is 3.99. The lowest BCUT2D eigenvalue weighted by atomic mass is 9.97. The molecule has 2 heterocycles. The van der Waals surface area contributed by atoms with Crippen LogP contribution in [-0.4, -0.2) is 56.9 Å². The highest BCUT2D eigenvalue weighted by Crippen LogP contribution is 2.43. The Bertz CT molecular complexity index is 2050. The summed E-state index contributed by atoms with van der Waals surface area (Å²) in [4.78, 5) is 26.3. The number of fused-ring (bicyclic) bond motifs is 2. The van der Waals surface area contributed by atoms with Gasteiger partial charge in [-0.15, -0.1) is 0 Å². The number of aromatic nitrogens is 3. The Morgan fingerprint density at radius 2 is 1.80 bits per heavy atom. The van der Waals surface area contributed by atoms with Gasteiger partial charge < -0.3 is 29.2 Å². The number of hydrogen-bond acceptors (Lipinski definition) is 7. The van der Waals surface area contributed by atoms with Crippen molar-refractivity contribution in [3.63, 3.8) is 0 Å². The Balaban J connectivity index is 1.58. The fourth-order valence-electron chi connectivity index (χ4n) is 6.59.